The van der Waals surface area contributed by atoms with E-state index in [0.717, 1.165) is 12.2 Å². The van der Waals surface area contributed by atoms with Gasteiger partial charge in [-0.3, -0.25) is 9.59 Å². The molecule has 0 saturated heterocycles. The van der Waals surface area contributed by atoms with Gasteiger partial charge in [0.25, 0.3) is 5.91 Å². The Morgan fingerprint density at radius 1 is 1.25 bits per heavy atom. The molecular formula is C14H22N4O2. The van der Waals surface area contributed by atoms with Gasteiger partial charge in [0.05, 0.1) is 18.4 Å². The van der Waals surface area contributed by atoms with Gasteiger partial charge in [0.2, 0.25) is 5.91 Å². The summed E-state index contributed by atoms with van der Waals surface area (Å²) >= 11 is 0. The zero-order chi connectivity index (χ0) is 15.2. The second kappa shape index (κ2) is 6.88. The van der Waals surface area contributed by atoms with E-state index in [1.54, 1.807) is 18.3 Å². The predicted octanol–water partition coefficient (Wildman–Crippen LogP) is 1.16. The van der Waals surface area contributed by atoms with E-state index in [1.807, 2.05) is 27.7 Å². The quantitative estimate of drug-likeness (QED) is 0.754. The van der Waals surface area contributed by atoms with Crippen molar-refractivity contribution in [3.8, 4) is 0 Å². The summed E-state index contributed by atoms with van der Waals surface area (Å²) in [5, 5.41) is 8.40. The van der Waals surface area contributed by atoms with Gasteiger partial charge in [-0.25, -0.2) is 4.98 Å². The molecule has 6 heteroatoms. The Morgan fingerprint density at radius 3 is 2.45 bits per heavy atom. The van der Waals surface area contributed by atoms with E-state index in [4.69, 9.17) is 0 Å². The third-order valence-electron chi connectivity index (χ3n) is 2.30. The van der Waals surface area contributed by atoms with Crippen LogP contribution in [0.3, 0.4) is 0 Å². The molecule has 3 N–H and O–H groups in total. The van der Waals surface area contributed by atoms with E-state index in [0.29, 0.717) is 0 Å². The molecule has 0 aliphatic carbocycles. The molecule has 0 aromatic carbocycles. The minimum absolute atomic E-state index is 0.0628. The SMILES string of the molecule is CCNc1ccc(C(=O)NCC(=O)NC(C)(C)C)nc1. The van der Waals surface area contributed by atoms with Crippen molar-refractivity contribution in [3.05, 3.63) is 24.0 Å². The van der Waals surface area contributed by atoms with Gasteiger partial charge in [0.1, 0.15) is 5.69 Å². The summed E-state index contributed by atoms with van der Waals surface area (Å²) < 4.78 is 0. The standard InChI is InChI=1S/C14H22N4O2/c1-5-15-10-6-7-11(16-8-10)13(20)17-9-12(19)18-14(2,3)4/h6-8,15H,5,9H2,1-4H3,(H,17,20)(H,18,19). The summed E-state index contributed by atoms with van der Waals surface area (Å²) in [6, 6.07) is 3.40. The Labute approximate surface area is 119 Å². The fourth-order valence-electron chi connectivity index (χ4n) is 1.55. The maximum Gasteiger partial charge on any atom is 0.270 e. The number of amides is 2. The Balaban J connectivity index is 2.48. The summed E-state index contributed by atoms with van der Waals surface area (Å²) in [5.41, 5.74) is 0.831. The summed E-state index contributed by atoms with van der Waals surface area (Å²) in [6.45, 7) is 8.36. The van der Waals surface area contributed by atoms with Crippen LogP contribution >= 0.6 is 0 Å². The number of nitrogens with one attached hydrogen (secondary N) is 3. The molecule has 1 aromatic rings. The van der Waals surface area contributed by atoms with Crippen LogP contribution in [0.5, 0.6) is 0 Å². The number of carbonyl (C=O) groups excluding carboxylic acids is 2. The minimum atomic E-state index is -0.364. The lowest BCUT2D eigenvalue weighted by atomic mass is 10.1. The van der Waals surface area contributed by atoms with Gasteiger partial charge in [-0.05, 0) is 39.8 Å². The van der Waals surface area contributed by atoms with E-state index in [2.05, 4.69) is 20.9 Å². The van der Waals surface area contributed by atoms with E-state index < -0.39 is 0 Å². The molecule has 110 valence electrons. The number of pyridine rings is 1. The molecule has 0 aliphatic rings. The van der Waals surface area contributed by atoms with Gasteiger partial charge in [-0.2, -0.15) is 0 Å². The first-order chi connectivity index (χ1) is 9.31. The average Bonchev–Trinajstić information content (AvgIpc) is 2.35. The first-order valence-electron chi connectivity index (χ1n) is 6.61. The predicted molar refractivity (Wildman–Crippen MR) is 78.6 cm³/mol. The number of rotatable bonds is 5. The summed E-state index contributed by atoms with van der Waals surface area (Å²) in [7, 11) is 0. The summed E-state index contributed by atoms with van der Waals surface area (Å²) in [6.07, 6.45) is 1.59. The Morgan fingerprint density at radius 2 is 1.95 bits per heavy atom. The Kier molecular flexibility index (Phi) is 5.49. The Bertz CT molecular complexity index is 463. The Hall–Kier alpha value is -2.11. The fourth-order valence-corrected chi connectivity index (χ4v) is 1.55. The molecule has 1 rings (SSSR count). The van der Waals surface area contributed by atoms with Gasteiger partial charge in [-0.1, -0.05) is 0 Å². The first-order valence-corrected chi connectivity index (χ1v) is 6.61. The molecule has 1 heterocycles. The van der Waals surface area contributed by atoms with Gasteiger partial charge in [0.15, 0.2) is 0 Å². The van der Waals surface area contributed by atoms with Crippen LogP contribution in [0.1, 0.15) is 38.2 Å². The maximum atomic E-state index is 11.8. The van der Waals surface area contributed by atoms with Crippen molar-refractivity contribution >= 4 is 17.5 Å². The maximum absolute atomic E-state index is 11.8. The van der Waals surface area contributed by atoms with Gasteiger partial charge >= 0.3 is 0 Å². The van der Waals surface area contributed by atoms with Crippen LogP contribution in [0.2, 0.25) is 0 Å². The third kappa shape index (κ3) is 5.69. The largest absolute Gasteiger partial charge is 0.384 e. The van der Waals surface area contributed by atoms with Crippen LogP contribution in [0.15, 0.2) is 18.3 Å². The van der Waals surface area contributed by atoms with Gasteiger partial charge in [0, 0.05) is 12.1 Å². The highest BCUT2D eigenvalue weighted by atomic mass is 16.2. The lowest BCUT2D eigenvalue weighted by Gasteiger charge is -2.20. The minimum Gasteiger partial charge on any atom is -0.384 e. The second-order valence-electron chi connectivity index (χ2n) is 5.44. The molecule has 0 atom stereocenters. The zero-order valence-corrected chi connectivity index (χ0v) is 12.4. The summed E-state index contributed by atoms with van der Waals surface area (Å²) in [5.74, 6) is -0.591. The van der Waals surface area contributed by atoms with Crippen LogP contribution in [-0.4, -0.2) is 35.4 Å². The van der Waals surface area contributed by atoms with Crippen molar-refractivity contribution in [2.45, 2.75) is 33.2 Å². The lowest BCUT2D eigenvalue weighted by Crippen LogP contribution is -2.45. The van der Waals surface area contributed by atoms with Crippen molar-refractivity contribution in [3.63, 3.8) is 0 Å². The molecule has 0 unspecified atom stereocenters. The number of nitrogens with zero attached hydrogens (tertiary/aromatic N) is 1. The van der Waals surface area contributed by atoms with Crippen LogP contribution in [0, 0.1) is 0 Å². The molecule has 6 nitrogen and oxygen atoms in total. The number of hydrogen-bond acceptors (Lipinski definition) is 4. The molecule has 20 heavy (non-hydrogen) atoms. The first kappa shape index (κ1) is 15.9. The molecule has 1 aromatic heterocycles. The smallest absolute Gasteiger partial charge is 0.270 e. The van der Waals surface area contributed by atoms with E-state index in [1.165, 1.54) is 0 Å². The lowest BCUT2D eigenvalue weighted by molar-refractivity contribution is -0.121. The monoisotopic (exact) mass is 278 g/mol. The van der Waals surface area contributed by atoms with E-state index in [9.17, 15) is 9.59 Å². The highest BCUT2D eigenvalue weighted by molar-refractivity contribution is 5.95. The molecule has 0 aliphatic heterocycles. The van der Waals surface area contributed by atoms with Crippen LogP contribution in [0.4, 0.5) is 5.69 Å². The number of aromatic nitrogens is 1. The molecule has 0 bridgehead atoms. The molecule has 0 saturated carbocycles. The topological polar surface area (TPSA) is 83.1 Å². The number of hydrogen-bond donors (Lipinski definition) is 3. The molecular weight excluding hydrogens is 256 g/mol. The molecule has 0 fully saturated rings. The second-order valence-corrected chi connectivity index (χ2v) is 5.44. The zero-order valence-electron chi connectivity index (χ0n) is 12.4. The fraction of sp³-hybridized carbons (Fsp3) is 0.500. The highest BCUT2D eigenvalue weighted by Crippen LogP contribution is 2.05. The van der Waals surface area contributed by atoms with Crippen molar-refractivity contribution in [1.82, 2.24) is 15.6 Å². The highest BCUT2D eigenvalue weighted by Gasteiger charge is 2.15. The summed E-state index contributed by atoms with van der Waals surface area (Å²) in [4.78, 5) is 27.4. The average molecular weight is 278 g/mol. The van der Waals surface area contributed by atoms with Crippen molar-refractivity contribution in [2.75, 3.05) is 18.4 Å². The van der Waals surface area contributed by atoms with E-state index >= 15 is 0 Å². The van der Waals surface area contributed by atoms with Crippen molar-refractivity contribution in [1.29, 1.82) is 0 Å². The molecule has 2 amide bonds. The van der Waals surface area contributed by atoms with E-state index in [-0.39, 0.29) is 29.6 Å². The van der Waals surface area contributed by atoms with Crippen LogP contribution < -0.4 is 16.0 Å². The van der Waals surface area contributed by atoms with Crippen LogP contribution in [0.25, 0.3) is 0 Å². The number of anilines is 1. The third-order valence-corrected chi connectivity index (χ3v) is 2.30. The van der Waals surface area contributed by atoms with Crippen molar-refractivity contribution < 1.29 is 9.59 Å². The normalized spacial score (nSPS) is 10.8. The molecule has 0 radical (unpaired) electrons. The van der Waals surface area contributed by atoms with Gasteiger partial charge in [-0.15, -0.1) is 0 Å². The molecule has 0 spiro atoms. The number of carbonyl (C=O) groups is 2. The van der Waals surface area contributed by atoms with Crippen LogP contribution in [-0.2, 0) is 4.79 Å². The van der Waals surface area contributed by atoms with Crippen molar-refractivity contribution in [2.24, 2.45) is 0 Å². The van der Waals surface area contributed by atoms with Gasteiger partial charge < -0.3 is 16.0 Å².